The third-order valence-electron chi connectivity index (χ3n) is 8.25. The lowest BCUT2D eigenvalue weighted by molar-refractivity contribution is 0.0684. The molecule has 274 valence electrons. The highest BCUT2D eigenvalue weighted by Crippen LogP contribution is 2.25. The smallest absolute Gasteiger partial charge is 0.219 e. The average molecular weight is 740 g/mol. The third kappa shape index (κ3) is 12.0. The lowest BCUT2D eigenvalue weighted by atomic mass is 10.2. The molecule has 54 heavy (non-hydrogen) atoms. The summed E-state index contributed by atoms with van der Waals surface area (Å²) in [6, 6.07) is 42.2. The second-order valence-corrected chi connectivity index (χ2v) is 12.8. The van der Waals surface area contributed by atoms with Crippen LogP contribution in [0.5, 0.6) is 34.8 Å². The van der Waals surface area contributed by atoms with E-state index < -0.39 is 0 Å². The molecule has 0 atom stereocenters. The Hall–Kier alpha value is -6.10. The summed E-state index contributed by atoms with van der Waals surface area (Å²) in [5.74, 6) is 3.91. The SMILES string of the molecule is CC(=O)c1ccc(Oc2ccc(OCc3ccccc3)cc2)nc1.S=C(Cc1ccc(Oc2ccc(OCc3ccccc3)cc2)nc1)N1CCOCC1. The van der Waals surface area contributed by atoms with Gasteiger partial charge in [-0.05, 0) is 78.2 Å². The van der Waals surface area contributed by atoms with Gasteiger partial charge in [-0.15, -0.1) is 0 Å². The zero-order chi connectivity index (χ0) is 37.4. The number of thiocarbonyl (C=S) groups is 1. The van der Waals surface area contributed by atoms with Gasteiger partial charge in [-0.3, -0.25) is 4.79 Å². The van der Waals surface area contributed by atoms with E-state index in [-0.39, 0.29) is 5.78 Å². The molecule has 0 radical (unpaired) electrons. The molecule has 0 amide bonds. The maximum Gasteiger partial charge on any atom is 0.219 e. The highest BCUT2D eigenvalue weighted by Gasteiger charge is 2.14. The van der Waals surface area contributed by atoms with Gasteiger partial charge in [0.05, 0.1) is 18.2 Å². The van der Waals surface area contributed by atoms with Crippen molar-refractivity contribution >= 4 is 23.0 Å². The first-order chi connectivity index (χ1) is 26.5. The highest BCUT2D eigenvalue weighted by atomic mass is 32.1. The van der Waals surface area contributed by atoms with Gasteiger partial charge in [-0.25, -0.2) is 9.97 Å². The predicted molar refractivity (Wildman–Crippen MR) is 212 cm³/mol. The molecule has 0 bridgehead atoms. The van der Waals surface area contributed by atoms with Gasteiger partial charge in [0.1, 0.15) is 36.2 Å². The number of Topliss-reactive ketones (excluding diaryl/α,β-unsaturated/α-hetero) is 1. The van der Waals surface area contributed by atoms with E-state index in [0.29, 0.717) is 48.5 Å². The minimum absolute atomic E-state index is 0.0195. The summed E-state index contributed by atoms with van der Waals surface area (Å²) in [4.78, 5) is 22.9. The molecule has 0 N–H and O–H groups in total. The fourth-order valence-corrected chi connectivity index (χ4v) is 5.60. The summed E-state index contributed by atoms with van der Waals surface area (Å²) in [7, 11) is 0. The number of rotatable bonds is 13. The van der Waals surface area contributed by atoms with Crippen LogP contribution in [0.4, 0.5) is 0 Å². The zero-order valence-corrected chi connectivity index (χ0v) is 30.8. The number of pyridine rings is 2. The van der Waals surface area contributed by atoms with Crippen molar-refractivity contribution in [1.82, 2.24) is 14.9 Å². The number of morpholine rings is 1. The Balaban J connectivity index is 0.000000189. The quantitative estimate of drug-likeness (QED) is 0.0843. The van der Waals surface area contributed by atoms with Crippen LogP contribution in [0.1, 0.15) is 34.0 Å². The molecule has 2 aromatic heterocycles. The van der Waals surface area contributed by atoms with Gasteiger partial charge in [-0.2, -0.15) is 0 Å². The van der Waals surface area contributed by atoms with Gasteiger partial charge in [0.2, 0.25) is 11.8 Å². The normalized spacial score (nSPS) is 12.1. The number of ether oxygens (including phenoxy) is 5. The van der Waals surface area contributed by atoms with E-state index in [9.17, 15) is 4.79 Å². The van der Waals surface area contributed by atoms with Crippen LogP contribution >= 0.6 is 12.2 Å². The second kappa shape index (κ2) is 19.7. The van der Waals surface area contributed by atoms with E-state index in [1.54, 1.807) is 12.1 Å². The molecule has 0 spiro atoms. The molecular weight excluding hydrogens is 699 g/mol. The number of ketones is 1. The molecule has 9 nitrogen and oxygen atoms in total. The van der Waals surface area contributed by atoms with E-state index in [2.05, 4.69) is 14.9 Å². The molecule has 10 heteroatoms. The molecule has 0 aliphatic carbocycles. The van der Waals surface area contributed by atoms with Crippen molar-refractivity contribution in [2.75, 3.05) is 26.3 Å². The first kappa shape index (κ1) is 37.7. The molecular formula is C44H41N3O6S. The Morgan fingerprint density at radius 1 is 0.611 bits per heavy atom. The van der Waals surface area contributed by atoms with Gasteiger partial charge in [0.25, 0.3) is 0 Å². The van der Waals surface area contributed by atoms with Crippen LogP contribution in [0.3, 0.4) is 0 Å². The molecule has 1 saturated heterocycles. The van der Waals surface area contributed by atoms with Crippen molar-refractivity contribution in [3.63, 3.8) is 0 Å². The average Bonchev–Trinajstić information content (AvgIpc) is 3.22. The molecule has 1 aliphatic heterocycles. The van der Waals surface area contributed by atoms with Crippen molar-refractivity contribution in [2.45, 2.75) is 26.6 Å². The summed E-state index contributed by atoms with van der Waals surface area (Å²) < 4.78 is 28.4. The van der Waals surface area contributed by atoms with E-state index >= 15 is 0 Å². The van der Waals surface area contributed by atoms with Crippen LogP contribution in [-0.2, 0) is 24.4 Å². The van der Waals surface area contributed by atoms with Crippen LogP contribution in [-0.4, -0.2) is 51.9 Å². The molecule has 0 saturated carbocycles. The summed E-state index contributed by atoms with van der Waals surface area (Å²) in [5, 5.41) is 0. The van der Waals surface area contributed by atoms with E-state index in [4.69, 9.17) is 35.9 Å². The van der Waals surface area contributed by atoms with Crippen molar-refractivity contribution < 1.29 is 28.5 Å². The summed E-state index contributed by atoms with van der Waals surface area (Å²) >= 11 is 5.56. The highest BCUT2D eigenvalue weighted by molar-refractivity contribution is 7.80. The largest absolute Gasteiger partial charge is 0.489 e. The standard InChI is InChI=1S/C24H24N2O3S.C20H17NO3/c30-24(26-12-14-27-15-13-26)16-20-6-11-23(25-17-20)29-22-9-7-21(8-10-22)28-18-19-4-2-1-3-5-19;1-15(22)17-7-12-20(21-13-17)24-19-10-8-18(9-11-19)23-14-16-5-3-2-4-6-16/h1-11,17H,12-16,18H2;2-13H,14H2,1H3. The molecule has 3 heterocycles. The van der Waals surface area contributed by atoms with Crippen LogP contribution in [0.25, 0.3) is 0 Å². The Morgan fingerprint density at radius 3 is 1.54 bits per heavy atom. The molecule has 1 aliphatic rings. The number of hydrogen-bond acceptors (Lipinski definition) is 9. The number of nitrogens with zero attached hydrogens (tertiary/aromatic N) is 3. The third-order valence-corrected chi connectivity index (χ3v) is 8.65. The summed E-state index contributed by atoms with van der Waals surface area (Å²) in [5.41, 5.74) is 3.89. The van der Waals surface area contributed by atoms with E-state index in [1.807, 2.05) is 128 Å². The minimum atomic E-state index is -0.0195. The van der Waals surface area contributed by atoms with Gasteiger partial charge in [-0.1, -0.05) is 78.9 Å². The van der Waals surface area contributed by atoms with Crippen molar-refractivity contribution in [1.29, 1.82) is 0 Å². The van der Waals surface area contributed by atoms with E-state index in [0.717, 1.165) is 59.5 Å². The maximum atomic E-state index is 11.2. The van der Waals surface area contributed by atoms with Crippen LogP contribution < -0.4 is 18.9 Å². The van der Waals surface area contributed by atoms with Crippen LogP contribution in [0, 0.1) is 0 Å². The first-order valence-corrected chi connectivity index (χ1v) is 18.0. The second-order valence-electron chi connectivity index (χ2n) is 12.3. The zero-order valence-electron chi connectivity index (χ0n) is 30.0. The van der Waals surface area contributed by atoms with Crippen LogP contribution in [0.2, 0.25) is 0 Å². The summed E-state index contributed by atoms with van der Waals surface area (Å²) in [6.45, 7) is 5.76. The number of aromatic nitrogens is 2. The van der Waals surface area contributed by atoms with Crippen molar-refractivity contribution in [3.8, 4) is 34.8 Å². The van der Waals surface area contributed by atoms with Gasteiger partial charge in [0.15, 0.2) is 5.78 Å². The number of hydrogen-bond donors (Lipinski definition) is 0. The Labute approximate surface area is 321 Å². The van der Waals surface area contributed by atoms with Crippen molar-refractivity contribution in [2.24, 2.45) is 0 Å². The van der Waals surface area contributed by atoms with Gasteiger partial charge in [0, 0.05) is 49.6 Å². The number of carbonyl (C=O) groups is 1. The topological polar surface area (TPSA) is 92.2 Å². The number of benzene rings is 4. The Kier molecular flexibility index (Phi) is 13.7. The predicted octanol–water partition coefficient (Wildman–Crippen LogP) is 9.31. The van der Waals surface area contributed by atoms with Gasteiger partial charge >= 0.3 is 0 Å². The lowest BCUT2D eigenvalue weighted by Crippen LogP contribution is -2.40. The fraction of sp³-hybridized carbons (Fsp3) is 0.182. The number of carbonyl (C=O) groups excluding carboxylic acids is 1. The van der Waals surface area contributed by atoms with Gasteiger partial charge < -0.3 is 28.6 Å². The molecule has 7 rings (SSSR count). The Bertz CT molecular complexity index is 2040. The molecule has 0 unspecified atom stereocenters. The molecule has 1 fully saturated rings. The fourth-order valence-electron chi connectivity index (χ4n) is 5.26. The monoisotopic (exact) mass is 739 g/mol. The van der Waals surface area contributed by atoms with E-state index in [1.165, 1.54) is 13.1 Å². The lowest BCUT2D eigenvalue weighted by Gasteiger charge is -2.29. The first-order valence-electron chi connectivity index (χ1n) is 17.6. The summed E-state index contributed by atoms with van der Waals surface area (Å²) in [6.07, 6.45) is 4.03. The molecule has 4 aromatic carbocycles. The van der Waals surface area contributed by atoms with Crippen LogP contribution in [0.15, 0.2) is 146 Å². The Morgan fingerprint density at radius 2 is 1.09 bits per heavy atom. The molecule has 6 aromatic rings. The van der Waals surface area contributed by atoms with Crippen molar-refractivity contribution in [3.05, 3.63) is 168 Å². The minimum Gasteiger partial charge on any atom is -0.489 e. The maximum absolute atomic E-state index is 11.2.